The second kappa shape index (κ2) is 11.4. The van der Waals surface area contributed by atoms with E-state index in [1.165, 1.54) is 0 Å². The number of fused-ring (bicyclic) bond motifs is 6. The molecule has 0 saturated carbocycles. The second-order valence-electron chi connectivity index (χ2n) is 11.9. The number of hydrogen-bond donors (Lipinski definition) is 0. The van der Waals surface area contributed by atoms with E-state index in [0.29, 0.717) is 22.4 Å². The van der Waals surface area contributed by atoms with Crippen molar-refractivity contribution in [1.82, 2.24) is 19.5 Å². The van der Waals surface area contributed by atoms with Gasteiger partial charge in [0.1, 0.15) is 11.2 Å². The minimum absolute atomic E-state index is 0.0124. The Bertz CT molecular complexity index is 3260. The molecule has 10 aromatic rings. The highest BCUT2D eigenvalue weighted by molar-refractivity contribution is 6.10. The molecule has 0 atom stereocenters. The third kappa shape index (κ3) is 4.67. The summed E-state index contributed by atoms with van der Waals surface area (Å²) >= 11 is 0. The van der Waals surface area contributed by atoms with Crippen molar-refractivity contribution in [2.45, 2.75) is 0 Å². The fourth-order valence-corrected chi connectivity index (χ4v) is 6.51. The predicted molar refractivity (Wildman–Crippen MR) is 203 cm³/mol. The summed E-state index contributed by atoms with van der Waals surface area (Å²) < 4.78 is 71.2. The highest BCUT2D eigenvalue weighted by atomic mass is 16.3. The van der Waals surface area contributed by atoms with E-state index in [-0.39, 0.29) is 75.1 Å². The largest absolute Gasteiger partial charge is 0.456 e. The van der Waals surface area contributed by atoms with E-state index in [9.17, 15) is 4.11 Å². The summed E-state index contributed by atoms with van der Waals surface area (Å²) in [6.45, 7) is 0. The van der Waals surface area contributed by atoms with Crippen molar-refractivity contribution in [3.63, 3.8) is 0 Å². The van der Waals surface area contributed by atoms with Gasteiger partial charge >= 0.3 is 0 Å². The molecule has 234 valence electrons. The van der Waals surface area contributed by atoms with Gasteiger partial charge in [-0.3, -0.25) is 0 Å². The van der Waals surface area contributed by atoms with E-state index < -0.39 is 12.1 Å². The molecule has 7 aromatic carbocycles. The van der Waals surface area contributed by atoms with Crippen LogP contribution in [0.4, 0.5) is 0 Å². The van der Waals surface area contributed by atoms with Crippen LogP contribution >= 0.6 is 0 Å². The predicted octanol–water partition coefficient (Wildman–Crippen LogP) is 11.5. The van der Waals surface area contributed by atoms with Gasteiger partial charge in [-0.1, -0.05) is 127 Å². The summed E-state index contributed by atoms with van der Waals surface area (Å²) in [5, 5.41) is 2.03. The van der Waals surface area contributed by atoms with Crippen LogP contribution in [0, 0.1) is 0 Å². The molecule has 0 aliphatic heterocycles. The molecule has 0 aliphatic carbocycles. The lowest BCUT2D eigenvalue weighted by Crippen LogP contribution is -2.00. The van der Waals surface area contributed by atoms with Crippen molar-refractivity contribution in [3.05, 3.63) is 170 Å². The maximum Gasteiger partial charge on any atom is 0.164 e. The number of nitrogens with zero attached hydrogens (tertiary/aromatic N) is 4. The van der Waals surface area contributed by atoms with Crippen LogP contribution in [0.2, 0.25) is 0 Å². The first-order valence-corrected chi connectivity index (χ1v) is 16.1. The van der Waals surface area contributed by atoms with Crippen LogP contribution in [0.1, 0.15) is 9.60 Å². The van der Waals surface area contributed by atoms with Crippen LogP contribution in [0.3, 0.4) is 0 Å². The second-order valence-corrected chi connectivity index (χ2v) is 11.9. The van der Waals surface area contributed by atoms with E-state index in [4.69, 9.17) is 24.9 Å². The first-order valence-electron chi connectivity index (χ1n) is 19.6. The Morgan fingerprint density at radius 2 is 1.04 bits per heavy atom. The molecule has 3 aromatic heterocycles. The summed E-state index contributed by atoms with van der Waals surface area (Å²) in [6.07, 6.45) is 0. The lowest BCUT2D eigenvalue weighted by atomic mass is 10.0. The number of aromatic nitrogens is 4. The van der Waals surface area contributed by atoms with Gasteiger partial charge in [0.25, 0.3) is 0 Å². The fourth-order valence-electron chi connectivity index (χ4n) is 6.51. The Morgan fingerprint density at radius 1 is 0.440 bits per heavy atom. The molecule has 0 bridgehead atoms. The maximum absolute atomic E-state index is 9.77. The van der Waals surface area contributed by atoms with E-state index in [0.717, 1.165) is 27.5 Å². The Labute approximate surface area is 297 Å². The van der Waals surface area contributed by atoms with Gasteiger partial charge < -0.3 is 8.98 Å². The van der Waals surface area contributed by atoms with Gasteiger partial charge in [-0.05, 0) is 53.5 Å². The average Bonchev–Trinajstić information content (AvgIpc) is 3.82. The number of para-hydroxylation sites is 3. The lowest BCUT2D eigenvalue weighted by molar-refractivity contribution is 0.669. The van der Waals surface area contributed by atoms with Crippen LogP contribution in [-0.2, 0) is 0 Å². The Kier molecular flexibility index (Phi) is 4.99. The zero-order chi connectivity index (χ0) is 39.1. The molecule has 0 saturated heterocycles. The average molecular weight is 648 g/mol. The lowest BCUT2D eigenvalue weighted by Gasteiger charge is -2.11. The van der Waals surface area contributed by atoms with Crippen molar-refractivity contribution in [3.8, 4) is 51.0 Å². The standard InChI is InChI=1S/C45H28N4O/c1-3-11-29(12-4-1)30-19-21-31(22-20-30)43-46-44(48-45(47-43)33-24-26-38-37-16-8-10-18-41(37)50-42(38)28-33)32-23-25-36-35-15-7-9-17-39(35)49(40(36)27-32)34-13-5-2-6-14-34/h1-28H/i7D,9D,15D,17D,23D,25D,27D. The van der Waals surface area contributed by atoms with Crippen LogP contribution in [-0.4, -0.2) is 19.5 Å². The molecule has 0 spiro atoms. The first kappa shape index (κ1) is 21.9. The quantitative estimate of drug-likeness (QED) is 0.186. The third-order valence-electron chi connectivity index (χ3n) is 8.92. The minimum atomic E-state index is -0.465. The number of rotatable bonds is 5. The van der Waals surface area contributed by atoms with Gasteiger partial charge in [0.15, 0.2) is 17.5 Å². The molecule has 0 N–H and O–H groups in total. The van der Waals surface area contributed by atoms with Crippen LogP contribution in [0.15, 0.2) is 174 Å². The molecule has 5 nitrogen and oxygen atoms in total. The van der Waals surface area contributed by atoms with Crippen molar-refractivity contribution in [2.75, 3.05) is 0 Å². The van der Waals surface area contributed by atoms with Gasteiger partial charge in [0.05, 0.1) is 20.6 Å². The minimum Gasteiger partial charge on any atom is -0.456 e. The Hall–Kier alpha value is -6.85. The molecular weight excluding hydrogens is 613 g/mol. The van der Waals surface area contributed by atoms with E-state index in [1.807, 2.05) is 103 Å². The van der Waals surface area contributed by atoms with E-state index >= 15 is 0 Å². The molecule has 3 heterocycles. The van der Waals surface area contributed by atoms with Gasteiger partial charge in [-0.2, -0.15) is 0 Å². The number of hydrogen-bond acceptors (Lipinski definition) is 4. The Morgan fingerprint density at radius 3 is 1.86 bits per heavy atom. The fraction of sp³-hybridized carbons (Fsp3) is 0. The molecule has 10 rings (SSSR count). The number of benzene rings is 7. The molecular formula is C45H28N4O. The number of furan rings is 1. The molecule has 0 fully saturated rings. The monoisotopic (exact) mass is 647 g/mol. The summed E-state index contributed by atoms with van der Waals surface area (Å²) in [5.74, 6) is 0.535. The van der Waals surface area contributed by atoms with E-state index in [1.54, 1.807) is 28.8 Å². The normalized spacial score (nSPS) is 13.6. The summed E-state index contributed by atoms with van der Waals surface area (Å²) in [5.41, 5.74) is 5.42. The molecule has 0 radical (unpaired) electrons. The van der Waals surface area contributed by atoms with Gasteiger partial charge in [-0.25, -0.2) is 15.0 Å². The van der Waals surface area contributed by atoms with Gasteiger partial charge in [-0.15, -0.1) is 0 Å². The van der Waals surface area contributed by atoms with Crippen molar-refractivity contribution >= 4 is 43.7 Å². The van der Waals surface area contributed by atoms with Crippen LogP contribution in [0.5, 0.6) is 0 Å². The summed E-state index contributed by atoms with van der Waals surface area (Å²) in [6, 6.07) is 37.7. The SMILES string of the molecule is [2H]c1c([2H])c([2H])c2c(c1[2H])c1c([2H])c([2H])c(-c3nc(-c4ccc(-c5ccccc5)cc4)nc(-c4ccc5c(c4)oc4ccccc45)n3)c([2H])c1n2-c1ccccc1. The van der Waals surface area contributed by atoms with Crippen LogP contribution in [0.25, 0.3) is 94.7 Å². The van der Waals surface area contributed by atoms with Crippen LogP contribution < -0.4 is 0 Å². The zero-order valence-electron chi connectivity index (χ0n) is 33.3. The summed E-state index contributed by atoms with van der Waals surface area (Å²) in [7, 11) is 0. The first-order chi connectivity index (χ1) is 27.7. The van der Waals surface area contributed by atoms with Crippen molar-refractivity contribution in [1.29, 1.82) is 0 Å². The highest BCUT2D eigenvalue weighted by Gasteiger charge is 2.17. The molecule has 0 aliphatic rings. The maximum atomic E-state index is 9.77. The van der Waals surface area contributed by atoms with Crippen molar-refractivity contribution < 1.29 is 14.0 Å². The topological polar surface area (TPSA) is 56.7 Å². The zero-order valence-corrected chi connectivity index (χ0v) is 26.3. The van der Waals surface area contributed by atoms with Gasteiger partial charge in [0.2, 0.25) is 0 Å². The van der Waals surface area contributed by atoms with E-state index in [2.05, 4.69) is 0 Å². The molecule has 50 heavy (non-hydrogen) atoms. The smallest absolute Gasteiger partial charge is 0.164 e. The third-order valence-corrected chi connectivity index (χ3v) is 8.92. The Balaban J connectivity index is 1.26. The van der Waals surface area contributed by atoms with Gasteiger partial charge in [0, 0.05) is 43.9 Å². The molecule has 0 unspecified atom stereocenters. The highest BCUT2D eigenvalue weighted by Crippen LogP contribution is 2.36. The molecule has 0 amide bonds. The summed E-state index contributed by atoms with van der Waals surface area (Å²) in [4.78, 5) is 14.7. The molecule has 5 heteroatoms. The van der Waals surface area contributed by atoms with Crippen molar-refractivity contribution in [2.24, 2.45) is 0 Å².